The van der Waals surface area contributed by atoms with Gasteiger partial charge < -0.3 is 5.73 Å². The Bertz CT molecular complexity index is 826. The van der Waals surface area contributed by atoms with Gasteiger partial charge in [-0.3, -0.25) is 9.36 Å². The number of imidazole rings is 1. The van der Waals surface area contributed by atoms with Gasteiger partial charge >= 0.3 is 0 Å². The Morgan fingerprint density at radius 1 is 1.09 bits per heavy atom. The van der Waals surface area contributed by atoms with Crippen LogP contribution in [0.4, 0.5) is 10.3 Å². The number of rotatable bonds is 3. The first-order chi connectivity index (χ1) is 10.6. The zero-order valence-corrected chi connectivity index (χ0v) is 12.1. The van der Waals surface area contributed by atoms with E-state index < -0.39 is 0 Å². The highest BCUT2D eigenvalue weighted by molar-refractivity contribution is 6.30. The molecular formula is C16H11ClFN3O. The molecule has 110 valence electrons. The van der Waals surface area contributed by atoms with Crippen molar-refractivity contribution in [1.29, 1.82) is 0 Å². The van der Waals surface area contributed by atoms with E-state index in [1.807, 2.05) is 0 Å². The highest BCUT2D eigenvalue weighted by Gasteiger charge is 2.18. The molecule has 3 rings (SSSR count). The number of aromatic nitrogens is 2. The highest BCUT2D eigenvalue weighted by Crippen LogP contribution is 2.20. The molecule has 0 fully saturated rings. The van der Waals surface area contributed by atoms with Crippen LogP contribution in [0, 0.1) is 5.82 Å². The van der Waals surface area contributed by atoms with Gasteiger partial charge in [0, 0.05) is 16.3 Å². The van der Waals surface area contributed by atoms with Gasteiger partial charge in [-0.15, -0.1) is 0 Å². The van der Waals surface area contributed by atoms with Crippen molar-refractivity contribution >= 4 is 23.3 Å². The van der Waals surface area contributed by atoms with Gasteiger partial charge in [0.2, 0.25) is 11.7 Å². The minimum atomic E-state index is -0.368. The number of ketones is 1. The van der Waals surface area contributed by atoms with Gasteiger partial charge in [0.15, 0.2) is 0 Å². The number of anilines is 1. The fourth-order valence-electron chi connectivity index (χ4n) is 2.14. The van der Waals surface area contributed by atoms with E-state index >= 15 is 0 Å². The smallest absolute Gasteiger partial charge is 0.211 e. The van der Waals surface area contributed by atoms with Gasteiger partial charge in [-0.2, -0.15) is 0 Å². The Balaban J connectivity index is 2.07. The first kappa shape index (κ1) is 14.3. The molecule has 2 N–H and O–H groups in total. The second-order valence-corrected chi connectivity index (χ2v) is 5.09. The lowest BCUT2D eigenvalue weighted by molar-refractivity contribution is 0.103. The quantitative estimate of drug-likeness (QED) is 0.753. The first-order valence-corrected chi connectivity index (χ1v) is 6.83. The van der Waals surface area contributed by atoms with Gasteiger partial charge in [-0.1, -0.05) is 11.6 Å². The Morgan fingerprint density at radius 3 is 2.36 bits per heavy atom. The molecule has 0 aliphatic carbocycles. The van der Waals surface area contributed by atoms with Crippen LogP contribution in [0.2, 0.25) is 5.02 Å². The second-order valence-electron chi connectivity index (χ2n) is 4.65. The van der Waals surface area contributed by atoms with Crippen LogP contribution in [0.5, 0.6) is 0 Å². The van der Waals surface area contributed by atoms with Crippen molar-refractivity contribution in [3.8, 4) is 5.69 Å². The van der Waals surface area contributed by atoms with Crippen LogP contribution < -0.4 is 5.73 Å². The molecule has 0 aliphatic heterocycles. The number of halogens is 2. The lowest BCUT2D eigenvalue weighted by Gasteiger charge is -2.09. The molecule has 1 heterocycles. The van der Waals surface area contributed by atoms with Crippen LogP contribution in [0.25, 0.3) is 5.69 Å². The third-order valence-electron chi connectivity index (χ3n) is 3.21. The number of hydrogen-bond acceptors (Lipinski definition) is 3. The third kappa shape index (κ3) is 2.58. The Morgan fingerprint density at radius 2 is 1.73 bits per heavy atom. The van der Waals surface area contributed by atoms with Crippen molar-refractivity contribution in [1.82, 2.24) is 9.55 Å². The maximum Gasteiger partial charge on any atom is 0.211 e. The minimum absolute atomic E-state index is 0.156. The van der Waals surface area contributed by atoms with Gasteiger partial charge in [-0.25, -0.2) is 9.37 Å². The number of carbonyl (C=O) groups excluding carboxylic acids is 1. The first-order valence-electron chi connectivity index (χ1n) is 6.45. The summed E-state index contributed by atoms with van der Waals surface area (Å²) in [6, 6.07) is 12.2. The minimum Gasteiger partial charge on any atom is -0.369 e. The molecule has 0 unspecified atom stereocenters. The zero-order valence-electron chi connectivity index (χ0n) is 11.3. The van der Waals surface area contributed by atoms with Crippen molar-refractivity contribution in [2.24, 2.45) is 0 Å². The standard InChI is InChI=1S/C16H11ClFN3O/c17-11-3-1-10(2-4-11)15(22)14-9-20-16(19)21(14)13-7-5-12(18)6-8-13/h1-9H,(H2,19,20). The summed E-state index contributed by atoms with van der Waals surface area (Å²) in [6.07, 6.45) is 1.40. The lowest BCUT2D eigenvalue weighted by atomic mass is 10.1. The number of nitrogens with zero attached hydrogens (tertiary/aromatic N) is 2. The summed E-state index contributed by atoms with van der Waals surface area (Å²) < 4.78 is 14.5. The van der Waals surface area contributed by atoms with E-state index in [0.717, 1.165) is 0 Å². The normalized spacial score (nSPS) is 10.6. The van der Waals surface area contributed by atoms with Crippen molar-refractivity contribution in [3.05, 3.63) is 76.8 Å². The molecule has 0 radical (unpaired) electrons. The monoisotopic (exact) mass is 315 g/mol. The summed E-state index contributed by atoms with van der Waals surface area (Å²) in [5.41, 5.74) is 7.16. The van der Waals surface area contributed by atoms with E-state index in [2.05, 4.69) is 4.98 Å². The van der Waals surface area contributed by atoms with Crippen molar-refractivity contribution in [2.45, 2.75) is 0 Å². The van der Waals surface area contributed by atoms with Gasteiger partial charge in [0.05, 0.1) is 6.20 Å². The van der Waals surface area contributed by atoms with E-state index in [4.69, 9.17) is 17.3 Å². The Labute approximate surface area is 131 Å². The topological polar surface area (TPSA) is 60.9 Å². The van der Waals surface area contributed by atoms with Crippen LogP contribution in [-0.4, -0.2) is 15.3 Å². The molecule has 2 aromatic carbocycles. The molecule has 0 aliphatic rings. The molecule has 4 nitrogen and oxygen atoms in total. The number of nitrogens with two attached hydrogens (primary N) is 1. The number of nitrogen functional groups attached to an aromatic ring is 1. The summed E-state index contributed by atoms with van der Waals surface area (Å²) in [6.45, 7) is 0. The van der Waals surface area contributed by atoms with E-state index in [1.54, 1.807) is 24.3 Å². The van der Waals surface area contributed by atoms with Gasteiger partial charge in [0.25, 0.3) is 0 Å². The number of carbonyl (C=O) groups is 1. The molecular weight excluding hydrogens is 305 g/mol. The molecule has 0 saturated carbocycles. The van der Waals surface area contributed by atoms with Crippen molar-refractivity contribution in [2.75, 3.05) is 5.73 Å². The average molecular weight is 316 g/mol. The van der Waals surface area contributed by atoms with E-state index in [9.17, 15) is 9.18 Å². The SMILES string of the molecule is Nc1ncc(C(=O)c2ccc(Cl)cc2)n1-c1ccc(F)cc1. The predicted octanol–water partition coefficient (Wildman–Crippen LogP) is 3.48. The van der Waals surface area contributed by atoms with E-state index in [-0.39, 0.29) is 17.5 Å². The fourth-order valence-corrected chi connectivity index (χ4v) is 2.26. The molecule has 0 saturated heterocycles. The Hall–Kier alpha value is -2.66. The third-order valence-corrected chi connectivity index (χ3v) is 3.46. The van der Waals surface area contributed by atoms with Crippen LogP contribution >= 0.6 is 11.6 Å². The summed E-state index contributed by atoms with van der Waals surface area (Å²) in [4.78, 5) is 16.6. The Kier molecular flexibility index (Phi) is 3.65. The summed E-state index contributed by atoms with van der Waals surface area (Å²) in [5, 5.41) is 0.545. The number of hydrogen-bond donors (Lipinski definition) is 1. The fraction of sp³-hybridized carbons (Fsp3) is 0. The maximum atomic E-state index is 13.1. The van der Waals surface area contributed by atoms with Gasteiger partial charge in [-0.05, 0) is 48.5 Å². The second kappa shape index (κ2) is 5.61. The van der Waals surface area contributed by atoms with Crippen LogP contribution in [0.15, 0.2) is 54.7 Å². The molecule has 6 heteroatoms. The van der Waals surface area contributed by atoms with Crippen LogP contribution in [0.3, 0.4) is 0 Å². The largest absolute Gasteiger partial charge is 0.369 e. The summed E-state index contributed by atoms with van der Waals surface area (Å²) in [5.74, 6) is -0.456. The number of benzene rings is 2. The molecule has 1 aromatic heterocycles. The maximum absolute atomic E-state index is 13.1. The predicted molar refractivity (Wildman–Crippen MR) is 82.8 cm³/mol. The summed E-state index contributed by atoms with van der Waals surface area (Å²) in [7, 11) is 0. The summed E-state index contributed by atoms with van der Waals surface area (Å²) >= 11 is 5.82. The van der Waals surface area contributed by atoms with Crippen LogP contribution in [0.1, 0.15) is 16.1 Å². The lowest BCUT2D eigenvalue weighted by Crippen LogP contribution is -2.11. The molecule has 0 bridgehead atoms. The average Bonchev–Trinajstić information content (AvgIpc) is 2.90. The van der Waals surface area contributed by atoms with Crippen molar-refractivity contribution < 1.29 is 9.18 Å². The van der Waals surface area contributed by atoms with E-state index in [0.29, 0.717) is 22.0 Å². The highest BCUT2D eigenvalue weighted by atomic mass is 35.5. The van der Waals surface area contributed by atoms with Crippen molar-refractivity contribution in [3.63, 3.8) is 0 Å². The molecule has 22 heavy (non-hydrogen) atoms. The van der Waals surface area contributed by atoms with Gasteiger partial charge in [0.1, 0.15) is 11.5 Å². The zero-order chi connectivity index (χ0) is 15.7. The molecule has 3 aromatic rings. The molecule has 0 atom stereocenters. The van der Waals surface area contributed by atoms with Crippen LogP contribution in [-0.2, 0) is 0 Å². The molecule has 0 amide bonds. The molecule has 0 spiro atoms. The van der Waals surface area contributed by atoms with E-state index in [1.165, 1.54) is 35.0 Å².